The number of hydrogen-bond acceptors (Lipinski definition) is 6. The average Bonchev–Trinajstić information content (AvgIpc) is 3.25. The third kappa shape index (κ3) is 5.51. The third-order valence-electron chi connectivity index (χ3n) is 6.51. The van der Waals surface area contributed by atoms with Crippen molar-refractivity contribution in [2.75, 3.05) is 36.4 Å². The first-order valence-electron chi connectivity index (χ1n) is 12.2. The Morgan fingerprint density at radius 1 is 1.16 bits per heavy atom. The topological polar surface area (TPSA) is 75.0 Å². The number of benzene rings is 2. The average molecular weight is 525 g/mol. The molecule has 1 unspecified atom stereocenters. The predicted molar refractivity (Wildman–Crippen MR) is 138 cm³/mol. The Labute approximate surface area is 217 Å². The third-order valence-corrected chi connectivity index (χ3v) is 6.51. The number of aryl methyl sites for hydroxylation is 1. The highest BCUT2D eigenvalue weighted by Gasteiger charge is 2.31. The van der Waals surface area contributed by atoms with Crippen LogP contribution in [-0.4, -0.2) is 63.8 Å². The number of amides is 1. The molecular weight excluding hydrogens is 497 g/mol. The summed E-state index contributed by atoms with van der Waals surface area (Å²) in [6.45, 7) is 6.14. The van der Waals surface area contributed by atoms with Crippen LogP contribution >= 0.6 is 0 Å². The number of nitrogens with one attached hydrogen (secondary N) is 1. The molecule has 11 heteroatoms. The molecule has 1 amide bonds. The molecular formula is C27H27F3N6O2. The summed E-state index contributed by atoms with van der Waals surface area (Å²) in [5.74, 6) is 0.173. The molecule has 1 aliphatic rings. The number of rotatable bonds is 6. The highest BCUT2D eigenvalue weighted by molar-refractivity contribution is 5.84. The van der Waals surface area contributed by atoms with E-state index in [-0.39, 0.29) is 24.2 Å². The normalized spacial score (nSPS) is 16.1. The highest BCUT2D eigenvalue weighted by Crippen LogP contribution is 2.31. The lowest BCUT2D eigenvalue weighted by molar-refractivity contribution is -0.274. The minimum absolute atomic E-state index is 0.0373. The monoisotopic (exact) mass is 524 g/mol. The van der Waals surface area contributed by atoms with Crippen molar-refractivity contribution >= 4 is 23.1 Å². The van der Waals surface area contributed by atoms with Gasteiger partial charge in [-0.15, -0.1) is 13.2 Å². The maximum absolute atomic E-state index is 13.2. The Bertz CT molecular complexity index is 1440. The molecule has 0 saturated carbocycles. The van der Waals surface area contributed by atoms with Crippen LogP contribution in [0.25, 0.3) is 16.9 Å². The number of piperazine rings is 1. The molecule has 198 valence electrons. The summed E-state index contributed by atoms with van der Waals surface area (Å²) >= 11 is 0. The van der Waals surface area contributed by atoms with Gasteiger partial charge in [-0.3, -0.25) is 14.2 Å². The molecule has 0 aliphatic carbocycles. The first-order valence-corrected chi connectivity index (χ1v) is 12.2. The van der Waals surface area contributed by atoms with Crippen LogP contribution in [0.15, 0.2) is 67.1 Å². The zero-order chi connectivity index (χ0) is 26.9. The molecule has 1 saturated heterocycles. The fraction of sp³-hybridized carbons (Fsp3) is 0.296. The largest absolute Gasteiger partial charge is 0.573 e. The molecule has 1 N–H and O–H groups in total. The summed E-state index contributed by atoms with van der Waals surface area (Å²) in [6.07, 6.45) is 0.108. The van der Waals surface area contributed by atoms with E-state index in [0.717, 1.165) is 12.2 Å². The molecule has 8 nitrogen and oxygen atoms in total. The van der Waals surface area contributed by atoms with Gasteiger partial charge < -0.3 is 19.9 Å². The van der Waals surface area contributed by atoms with Crippen molar-refractivity contribution in [3.05, 3.63) is 72.7 Å². The van der Waals surface area contributed by atoms with Gasteiger partial charge in [-0.25, -0.2) is 4.98 Å². The molecule has 0 bridgehead atoms. The van der Waals surface area contributed by atoms with E-state index in [1.807, 2.05) is 11.0 Å². The summed E-state index contributed by atoms with van der Waals surface area (Å²) in [5, 5.41) is 3.21. The van der Waals surface area contributed by atoms with Crippen LogP contribution in [-0.2, 0) is 4.79 Å². The van der Waals surface area contributed by atoms with Gasteiger partial charge in [0.1, 0.15) is 17.3 Å². The maximum Gasteiger partial charge on any atom is 0.573 e. The van der Waals surface area contributed by atoms with Gasteiger partial charge in [0.05, 0.1) is 12.7 Å². The molecule has 1 aliphatic heterocycles. The number of alkyl halides is 3. The highest BCUT2D eigenvalue weighted by atomic mass is 19.4. The number of anilines is 2. The van der Waals surface area contributed by atoms with Crippen molar-refractivity contribution in [1.82, 2.24) is 19.3 Å². The zero-order valence-electron chi connectivity index (χ0n) is 20.9. The Morgan fingerprint density at radius 3 is 2.66 bits per heavy atom. The van der Waals surface area contributed by atoms with E-state index in [1.54, 1.807) is 23.0 Å². The second kappa shape index (κ2) is 10.2. The number of aromatic nitrogens is 3. The first-order chi connectivity index (χ1) is 18.2. The summed E-state index contributed by atoms with van der Waals surface area (Å²) in [6, 6.07) is 14.0. The van der Waals surface area contributed by atoms with Gasteiger partial charge in [-0.2, -0.15) is 0 Å². The van der Waals surface area contributed by atoms with E-state index in [9.17, 15) is 18.0 Å². The van der Waals surface area contributed by atoms with Crippen LogP contribution in [0.5, 0.6) is 5.75 Å². The minimum Gasteiger partial charge on any atom is -0.406 e. The lowest BCUT2D eigenvalue weighted by Gasteiger charge is -2.41. The molecule has 0 spiro atoms. The molecule has 4 aromatic rings. The fourth-order valence-corrected chi connectivity index (χ4v) is 4.74. The molecule has 3 heterocycles. The number of halogens is 3. The molecule has 5 rings (SSSR count). The minimum atomic E-state index is -4.77. The molecule has 0 radical (unpaired) electrons. The number of fused-ring (bicyclic) bond motifs is 1. The quantitative estimate of drug-likeness (QED) is 0.392. The molecule has 2 aromatic carbocycles. The lowest BCUT2D eigenvalue weighted by Crippen LogP contribution is -2.54. The second-order valence-corrected chi connectivity index (χ2v) is 9.26. The number of carbonyl (C=O) groups excluding carboxylic acids is 1. The molecule has 1 atom stereocenters. The number of ether oxygens (including phenoxy) is 1. The van der Waals surface area contributed by atoms with Crippen molar-refractivity contribution in [2.24, 2.45) is 0 Å². The van der Waals surface area contributed by atoms with Crippen molar-refractivity contribution in [3.63, 3.8) is 0 Å². The van der Waals surface area contributed by atoms with Crippen LogP contribution < -0.4 is 15.0 Å². The lowest BCUT2D eigenvalue weighted by atomic mass is 10.1. The Hall–Kier alpha value is -4.28. The van der Waals surface area contributed by atoms with E-state index < -0.39 is 6.36 Å². The fourth-order valence-electron chi connectivity index (χ4n) is 4.74. The summed E-state index contributed by atoms with van der Waals surface area (Å²) in [5.41, 5.74) is 3.94. The van der Waals surface area contributed by atoms with Crippen molar-refractivity contribution in [2.45, 2.75) is 26.3 Å². The van der Waals surface area contributed by atoms with Crippen molar-refractivity contribution < 1.29 is 22.7 Å². The van der Waals surface area contributed by atoms with Gasteiger partial charge in [0.25, 0.3) is 0 Å². The Balaban J connectivity index is 1.30. The predicted octanol–water partition coefficient (Wildman–Crippen LogP) is 4.75. The summed E-state index contributed by atoms with van der Waals surface area (Å²) in [4.78, 5) is 26.0. The van der Waals surface area contributed by atoms with Crippen molar-refractivity contribution in [3.8, 4) is 17.0 Å². The van der Waals surface area contributed by atoms with E-state index in [4.69, 9.17) is 0 Å². The standard InChI is InChI=1S/C27H27F3N6O2/c1-18-4-3-5-21(14-18)35-13-12-34(17-19(35)2)24(37)16-32-26-25(33-23-15-31-10-11-36(23)26)20-6-8-22(9-7-20)38-27(28,29)30/h3-11,14-15,19,32H,12-13,16-17H2,1-2H3. The van der Waals surface area contributed by atoms with Crippen molar-refractivity contribution in [1.29, 1.82) is 0 Å². The number of nitrogens with zero attached hydrogens (tertiary/aromatic N) is 5. The van der Waals surface area contributed by atoms with E-state index in [2.05, 4.69) is 57.0 Å². The van der Waals surface area contributed by atoms with Gasteiger partial charge in [0.2, 0.25) is 5.91 Å². The van der Waals surface area contributed by atoms with E-state index in [1.165, 1.54) is 29.8 Å². The molecule has 1 fully saturated rings. The second-order valence-electron chi connectivity index (χ2n) is 9.26. The zero-order valence-corrected chi connectivity index (χ0v) is 20.9. The van der Waals surface area contributed by atoms with Gasteiger partial charge in [-0.05, 0) is 55.8 Å². The smallest absolute Gasteiger partial charge is 0.406 e. The molecule has 38 heavy (non-hydrogen) atoms. The van der Waals surface area contributed by atoms with Gasteiger partial charge >= 0.3 is 6.36 Å². The van der Waals surface area contributed by atoms with Crippen LogP contribution in [0, 0.1) is 6.92 Å². The maximum atomic E-state index is 13.2. The number of imidazole rings is 1. The Morgan fingerprint density at radius 2 is 1.95 bits per heavy atom. The van der Waals surface area contributed by atoms with Crippen LogP contribution in [0.4, 0.5) is 24.7 Å². The van der Waals surface area contributed by atoms with Crippen LogP contribution in [0.1, 0.15) is 12.5 Å². The van der Waals surface area contributed by atoms with Crippen LogP contribution in [0.2, 0.25) is 0 Å². The number of carbonyl (C=O) groups is 1. The molecule has 2 aromatic heterocycles. The SMILES string of the molecule is Cc1cccc(N2CCN(C(=O)CNc3c(-c4ccc(OC(F)(F)F)cc4)nc4cnccn34)CC2C)c1. The van der Waals surface area contributed by atoms with E-state index >= 15 is 0 Å². The van der Waals surface area contributed by atoms with Gasteiger partial charge in [0, 0.05) is 49.3 Å². The Kier molecular flexibility index (Phi) is 6.83. The van der Waals surface area contributed by atoms with E-state index in [0.29, 0.717) is 35.8 Å². The summed E-state index contributed by atoms with van der Waals surface area (Å²) < 4.78 is 43.4. The summed E-state index contributed by atoms with van der Waals surface area (Å²) in [7, 11) is 0. The van der Waals surface area contributed by atoms with Gasteiger partial charge in [0.15, 0.2) is 5.65 Å². The number of hydrogen-bond donors (Lipinski definition) is 1. The van der Waals surface area contributed by atoms with Crippen LogP contribution in [0.3, 0.4) is 0 Å². The van der Waals surface area contributed by atoms with Gasteiger partial charge in [-0.1, -0.05) is 12.1 Å². The first kappa shape index (κ1) is 25.4.